The van der Waals surface area contributed by atoms with E-state index in [-0.39, 0.29) is 0 Å². The van der Waals surface area contributed by atoms with E-state index in [0.29, 0.717) is 0 Å². The third-order valence-corrected chi connectivity index (χ3v) is 2.22. The number of rotatable bonds is 0. The summed E-state index contributed by atoms with van der Waals surface area (Å²) < 4.78 is 0. The van der Waals surface area contributed by atoms with Crippen molar-refractivity contribution in [1.29, 1.82) is 0 Å². The second kappa shape index (κ2) is 3.08. The minimum atomic E-state index is 1.01. The molecule has 0 saturated heterocycles. The molecule has 0 bridgehead atoms. The van der Waals surface area contributed by atoms with Crippen molar-refractivity contribution in [3.8, 4) is 0 Å². The molecule has 0 aromatic heterocycles. The fraction of sp³-hybridized carbons (Fsp3) is 0.455. The molecule has 0 heterocycles. The molecule has 0 aromatic carbocycles. The van der Waals surface area contributed by atoms with E-state index in [0.717, 1.165) is 19.3 Å². The zero-order chi connectivity index (χ0) is 8.43. The van der Waals surface area contributed by atoms with Crippen molar-refractivity contribution in [2.45, 2.75) is 33.1 Å². The molecule has 1 aliphatic rings. The molecule has 1 fully saturated rings. The van der Waals surface area contributed by atoms with Gasteiger partial charge in [-0.15, -0.1) is 0 Å². The summed E-state index contributed by atoms with van der Waals surface area (Å²) in [7, 11) is 0. The Hall–Kier alpha value is -0.780. The van der Waals surface area contributed by atoms with Crippen LogP contribution in [0.5, 0.6) is 0 Å². The lowest BCUT2D eigenvalue weighted by atomic mass is 9.85. The molecule has 0 spiro atoms. The number of hydrogen-bond acceptors (Lipinski definition) is 0. The Morgan fingerprint density at radius 1 is 1.18 bits per heavy atom. The fourth-order valence-electron chi connectivity index (χ4n) is 1.58. The molecule has 0 nitrogen and oxygen atoms in total. The zero-order valence-corrected chi connectivity index (χ0v) is 7.54. The molecule has 0 unspecified atom stereocenters. The lowest BCUT2D eigenvalue weighted by molar-refractivity contribution is 0.823. The molecule has 11 heavy (non-hydrogen) atoms. The molecular formula is C11H16. The highest BCUT2D eigenvalue weighted by Crippen LogP contribution is 2.31. The Bertz CT molecular complexity index is 224. The molecule has 60 valence electrons. The van der Waals surface area contributed by atoms with Gasteiger partial charge in [0.1, 0.15) is 0 Å². The summed E-state index contributed by atoms with van der Waals surface area (Å²) in [5.74, 6) is 0. The predicted molar refractivity (Wildman–Crippen MR) is 50.5 cm³/mol. The van der Waals surface area contributed by atoms with E-state index in [4.69, 9.17) is 0 Å². The van der Waals surface area contributed by atoms with Gasteiger partial charge in [-0.05, 0) is 44.3 Å². The molecule has 1 rings (SSSR count). The molecule has 0 aromatic rings. The standard InChI is InChI=1S/C11H16/c1-8(2)11-6-5-9(3)7-10(11)4/h3-7H2,1-2H3. The summed E-state index contributed by atoms with van der Waals surface area (Å²) in [4.78, 5) is 0. The van der Waals surface area contributed by atoms with Gasteiger partial charge in [-0.2, -0.15) is 0 Å². The molecule has 0 heteroatoms. The van der Waals surface area contributed by atoms with Crippen LogP contribution in [0.15, 0.2) is 35.5 Å². The summed E-state index contributed by atoms with van der Waals surface area (Å²) in [5, 5.41) is 0. The van der Waals surface area contributed by atoms with Crippen LogP contribution >= 0.6 is 0 Å². The molecule has 0 radical (unpaired) electrons. The van der Waals surface area contributed by atoms with E-state index in [2.05, 4.69) is 27.0 Å². The first-order valence-electron chi connectivity index (χ1n) is 4.12. The van der Waals surface area contributed by atoms with Gasteiger partial charge in [-0.1, -0.05) is 24.3 Å². The summed E-state index contributed by atoms with van der Waals surface area (Å²) in [5.41, 5.74) is 5.50. The fourth-order valence-corrected chi connectivity index (χ4v) is 1.58. The Balaban J connectivity index is 2.81. The van der Waals surface area contributed by atoms with Gasteiger partial charge in [-0.25, -0.2) is 0 Å². The van der Waals surface area contributed by atoms with Gasteiger partial charge in [0.05, 0.1) is 0 Å². The first kappa shape index (κ1) is 8.32. The van der Waals surface area contributed by atoms with Crippen LogP contribution in [0, 0.1) is 0 Å². The van der Waals surface area contributed by atoms with Gasteiger partial charge in [0, 0.05) is 0 Å². The van der Waals surface area contributed by atoms with E-state index >= 15 is 0 Å². The van der Waals surface area contributed by atoms with Crippen molar-refractivity contribution >= 4 is 0 Å². The monoisotopic (exact) mass is 148 g/mol. The van der Waals surface area contributed by atoms with Gasteiger partial charge < -0.3 is 0 Å². The first-order valence-corrected chi connectivity index (χ1v) is 4.12. The van der Waals surface area contributed by atoms with Crippen LogP contribution in [0.3, 0.4) is 0 Å². The van der Waals surface area contributed by atoms with E-state index in [9.17, 15) is 0 Å². The second-order valence-electron chi connectivity index (χ2n) is 3.51. The van der Waals surface area contributed by atoms with Crippen LogP contribution in [0.25, 0.3) is 0 Å². The van der Waals surface area contributed by atoms with Crippen molar-refractivity contribution in [2.75, 3.05) is 0 Å². The second-order valence-corrected chi connectivity index (χ2v) is 3.51. The minimum Gasteiger partial charge on any atom is -0.0995 e. The average Bonchev–Trinajstić information content (AvgIpc) is 1.85. The van der Waals surface area contributed by atoms with E-state index in [1.807, 2.05) is 0 Å². The van der Waals surface area contributed by atoms with Crippen LogP contribution < -0.4 is 0 Å². The van der Waals surface area contributed by atoms with Crippen molar-refractivity contribution in [1.82, 2.24) is 0 Å². The SMILES string of the molecule is C=C1CCC(=C(C)C)C(=C)C1. The van der Waals surface area contributed by atoms with Gasteiger partial charge in [0.25, 0.3) is 0 Å². The maximum absolute atomic E-state index is 4.05. The summed E-state index contributed by atoms with van der Waals surface area (Å²) in [6.07, 6.45) is 3.32. The number of hydrogen-bond donors (Lipinski definition) is 0. The Labute approximate surface area is 69.3 Å². The Kier molecular flexibility index (Phi) is 2.33. The van der Waals surface area contributed by atoms with Gasteiger partial charge in [0.15, 0.2) is 0 Å². The van der Waals surface area contributed by atoms with Crippen LogP contribution in [-0.2, 0) is 0 Å². The Morgan fingerprint density at radius 3 is 2.27 bits per heavy atom. The Morgan fingerprint density at radius 2 is 1.82 bits per heavy atom. The highest BCUT2D eigenvalue weighted by molar-refractivity contribution is 5.38. The molecule has 0 amide bonds. The van der Waals surface area contributed by atoms with Crippen LogP contribution in [0.2, 0.25) is 0 Å². The van der Waals surface area contributed by atoms with Gasteiger partial charge >= 0.3 is 0 Å². The minimum absolute atomic E-state index is 1.01. The molecular weight excluding hydrogens is 132 g/mol. The predicted octanol–water partition coefficient (Wildman–Crippen LogP) is 3.62. The van der Waals surface area contributed by atoms with Crippen LogP contribution in [-0.4, -0.2) is 0 Å². The van der Waals surface area contributed by atoms with Gasteiger partial charge in [-0.3, -0.25) is 0 Å². The highest BCUT2D eigenvalue weighted by Gasteiger charge is 2.12. The van der Waals surface area contributed by atoms with Crippen LogP contribution in [0.1, 0.15) is 33.1 Å². The summed E-state index contributed by atoms with van der Waals surface area (Å²) >= 11 is 0. The van der Waals surface area contributed by atoms with Crippen molar-refractivity contribution < 1.29 is 0 Å². The quantitative estimate of drug-likeness (QED) is 0.460. The van der Waals surface area contributed by atoms with Crippen molar-refractivity contribution in [3.05, 3.63) is 35.5 Å². The molecule has 0 aliphatic heterocycles. The maximum atomic E-state index is 4.05. The lowest BCUT2D eigenvalue weighted by Gasteiger charge is -2.20. The van der Waals surface area contributed by atoms with Crippen molar-refractivity contribution in [3.63, 3.8) is 0 Å². The third kappa shape index (κ3) is 1.83. The topological polar surface area (TPSA) is 0 Å². The largest absolute Gasteiger partial charge is 0.0995 e. The molecule has 0 atom stereocenters. The van der Waals surface area contributed by atoms with Crippen LogP contribution in [0.4, 0.5) is 0 Å². The molecule has 0 N–H and O–H groups in total. The highest BCUT2D eigenvalue weighted by atomic mass is 14.2. The third-order valence-electron chi connectivity index (χ3n) is 2.22. The molecule has 1 saturated carbocycles. The van der Waals surface area contributed by atoms with E-state index < -0.39 is 0 Å². The summed E-state index contributed by atoms with van der Waals surface area (Å²) in [6, 6.07) is 0. The maximum Gasteiger partial charge on any atom is -0.00728 e. The average molecular weight is 148 g/mol. The smallest absolute Gasteiger partial charge is 0.00728 e. The summed E-state index contributed by atoms with van der Waals surface area (Å²) in [6.45, 7) is 12.3. The lowest BCUT2D eigenvalue weighted by Crippen LogP contribution is -2.01. The normalized spacial score (nSPS) is 18.9. The zero-order valence-electron chi connectivity index (χ0n) is 7.54. The number of allylic oxidation sites excluding steroid dienone is 4. The van der Waals surface area contributed by atoms with Gasteiger partial charge in [0.2, 0.25) is 0 Å². The molecule has 1 aliphatic carbocycles. The van der Waals surface area contributed by atoms with E-state index in [1.54, 1.807) is 0 Å². The van der Waals surface area contributed by atoms with Crippen molar-refractivity contribution in [2.24, 2.45) is 0 Å². The first-order chi connectivity index (χ1) is 5.11. The van der Waals surface area contributed by atoms with E-state index in [1.165, 1.54) is 22.3 Å².